The highest BCUT2D eigenvalue weighted by Crippen LogP contribution is 2.26. The molecule has 1 aliphatic rings. The van der Waals surface area contributed by atoms with Crippen molar-refractivity contribution in [3.05, 3.63) is 24.3 Å². The molecule has 1 heteroatoms. The van der Waals surface area contributed by atoms with Crippen molar-refractivity contribution in [2.45, 2.75) is 26.8 Å². The molecule has 0 aromatic heterocycles. The van der Waals surface area contributed by atoms with Crippen molar-refractivity contribution in [3.8, 4) is 0 Å². The van der Waals surface area contributed by atoms with Crippen LogP contribution >= 0.6 is 0 Å². The van der Waals surface area contributed by atoms with Gasteiger partial charge in [0.1, 0.15) is 0 Å². The quantitative estimate of drug-likeness (QED) is 0.637. The highest BCUT2D eigenvalue weighted by atomic mass is 14.9. The number of hydrogen-bond donors (Lipinski definition) is 1. The maximum absolute atomic E-state index is 3.44. The monoisotopic (exact) mass is 151 g/mol. The highest BCUT2D eigenvalue weighted by molar-refractivity contribution is 5.20. The van der Waals surface area contributed by atoms with Crippen molar-refractivity contribution in [2.75, 3.05) is 6.54 Å². The van der Waals surface area contributed by atoms with Crippen molar-refractivity contribution in [2.24, 2.45) is 5.41 Å². The van der Waals surface area contributed by atoms with Gasteiger partial charge in [-0.15, -0.1) is 0 Å². The largest absolute Gasteiger partial charge is 0.310 e. The zero-order valence-corrected chi connectivity index (χ0v) is 7.59. The van der Waals surface area contributed by atoms with E-state index in [0.29, 0.717) is 6.04 Å². The zero-order valence-electron chi connectivity index (χ0n) is 7.59. The van der Waals surface area contributed by atoms with E-state index in [1.165, 1.54) is 0 Å². The third kappa shape index (κ3) is 1.93. The second-order valence-electron chi connectivity index (χ2n) is 3.60. The summed E-state index contributed by atoms with van der Waals surface area (Å²) in [7, 11) is 0. The molecule has 0 aromatic rings. The number of nitrogens with one attached hydrogen (secondary N) is 1. The molecule has 11 heavy (non-hydrogen) atoms. The molecule has 1 N–H and O–H groups in total. The van der Waals surface area contributed by atoms with Gasteiger partial charge < -0.3 is 5.32 Å². The van der Waals surface area contributed by atoms with E-state index >= 15 is 0 Å². The van der Waals surface area contributed by atoms with E-state index < -0.39 is 0 Å². The van der Waals surface area contributed by atoms with Crippen molar-refractivity contribution >= 4 is 0 Å². The van der Waals surface area contributed by atoms with Crippen LogP contribution < -0.4 is 5.32 Å². The van der Waals surface area contributed by atoms with Crippen molar-refractivity contribution in [3.63, 3.8) is 0 Å². The zero-order chi connectivity index (χ0) is 8.32. The second-order valence-corrected chi connectivity index (χ2v) is 3.60. The van der Waals surface area contributed by atoms with Crippen molar-refractivity contribution < 1.29 is 0 Å². The van der Waals surface area contributed by atoms with Gasteiger partial charge in [-0.05, 0) is 6.54 Å². The molecule has 1 unspecified atom stereocenters. The Labute approximate surface area is 69.2 Å². The van der Waals surface area contributed by atoms with Crippen LogP contribution in [0.5, 0.6) is 0 Å². The Kier molecular flexibility index (Phi) is 2.50. The van der Waals surface area contributed by atoms with E-state index in [2.05, 4.69) is 50.4 Å². The van der Waals surface area contributed by atoms with Gasteiger partial charge in [0.25, 0.3) is 0 Å². The standard InChI is InChI=1S/C10H17N/c1-4-11-9-7-5-6-8-10(9,2)3/h5-9,11H,4H2,1-3H3. The van der Waals surface area contributed by atoms with Gasteiger partial charge in [-0.2, -0.15) is 0 Å². The van der Waals surface area contributed by atoms with Crippen LogP contribution in [0.3, 0.4) is 0 Å². The van der Waals surface area contributed by atoms with Gasteiger partial charge in [0.15, 0.2) is 0 Å². The SMILES string of the molecule is CCNC1C=CC=CC1(C)C. The van der Waals surface area contributed by atoms with Crippen LogP contribution in [-0.2, 0) is 0 Å². The van der Waals surface area contributed by atoms with Gasteiger partial charge >= 0.3 is 0 Å². The Bertz CT molecular complexity index is 177. The summed E-state index contributed by atoms with van der Waals surface area (Å²) in [6.45, 7) is 7.68. The fourth-order valence-corrected chi connectivity index (χ4v) is 1.38. The lowest BCUT2D eigenvalue weighted by atomic mass is 9.81. The van der Waals surface area contributed by atoms with E-state index in [9.17, 15) is 0 Å². The minimum Gasteiger partial charge on any atom is -0.310 e. The molecule has 0 aliphatic heterocycles. The summed E-state index contributed by atoms with van der Waals surface area (Å²) in [5, 5.41) is 3.44. The third-order valence-electron chi connectivity index (χ3n) is 2.17. The first-order valence-corrected chi connectivity index (χ1v) is 4.26. The molecule has 0 amide bonds. The lowest BCUT2D eigenvalue weighted by molar-refractivity contribution is 0.362. The summed E-state index contributed by atoms with van der Waals surface area (Å²) in [5.41, 5.74) is 0.269. The van der Waals surface area contributed by atoms with E-state index in [1.807, 2.05) is 0 Å². The molecule has 1 nitrogen and oxygen atoms in total. The second kappa shape index (κ2) is 3.22. The molecule has 1 aliphatic carbocycles. The maximum atomic E-state index is 3.44. The Balaban J connectivity index is 2.64. The Morgan fingerprint density at radius 1 is 1.36 bits per heavy atom. The van der Waals surface area contributed by atoms with Crippen LogP contribution in [0.1, 0.15) is 20.8 Å². The van der Waals surface area contributed by atoms with Gasteiger partial charge in [-0.3, -0.25) is 0 Å². The third-order valence-corrected chi connectivity index (χ3v) is 2.17. The summed E-state index contributed by atoms with van der Waals surface area (Å²) < 4.78 is 0. The fraction of sp³-hybridized carbons (Fsp3) is 0.600. The van der Waals surface area contributed by atoms with Crippen molar-refractivity contribution in [1.82, 2.24) is 5.32 Å². The predicted molar refractivity (Wildman–Crippen MR) is 49.5 cm³/mol. The van der Waals surface area contributed by atoms with Gasteiger partial charge in [0.2, 0.25) is 0 Å². The van der Waals surface area contributed by atoms with E-state index in [4.69, 9.17) is 0 Å². The first kappa shape index (κ1) is 8.54. The average Bonchev–Trinajstić information content (AvgIpc) is 1.94. The topological polar surface area (TPSA) is 12.0 Å². The van der Waals surface area contributed by atoms with Crippen LogP contribution in [0.2, 0.25) is 0 Å². The number of allylic oxidation sites excluding steroid dienone is 2. The summed E-state index contributed by atoms with van der Waals surface area (Å²) in [6, 6.07) is 0.498. The van der Waals surface area contributed by atoms with Gasteiger partial charge in [0, 0.05) is 11.5 Å². The summed E-state index contributed by atoms with van der Waals surface area (Å²) in [6.07, 6.45) is 8.70. The normalized spacial score (nSPS) is 27.4. The van der Waals surface area contributed by atoms with Crippen LogP contribution in [0, 0.1) is 5.41 Å². The molecule has 0 saturated heterocycles. The molecule has 62 valence electrons. The Morgan fingerprint density at radius 3 is 2.64 bits per heavy atom. The van der Waals surface area contributed by atoms with Crippen LogP contribution in [-0.4, -0.2) is 12.6 Å². The summed E-state index contributed by atoms with van der Waals surface area (Å²) >= 11 is 0. The van der Waals surface area contributed by atoms with Gasteiger partial charge in [-0.1, -0.05) is 45.1 Å². The minimum atomic E-state index is 0.269. The lowest BCUT2D eigenvalue weighted by Gasteiger charge is -2.31. The molecule has 0 fully saturated rings. The molecule has 1 rings (SSSR count). The molecule has 0 bridgehead atoms. The van der Waals surface area contributed by atoms with E-state index in [0.717, 1.165) is 6.54 Å². The summed E-state index contributed by atoms with van der Waals surface area (Å²) in [4.78, 5) is 0. The van der Waals surface area contributed by atoms with E-state index in [-0.39, 0.29) is 5.41 Å². The average molecular weight is 151 g/mol. The number of rotatable bonds is 2. The highest BCUT2D eigenvalue weighted by Gasteiger charge is 2.24. The molecular weight excluding hydrogens is 134 g/mol. The molecule has 0 saturated carbocycles. The van der Waals surface area contributed by atoms with Gasteiger partial charge in [0.05, 0.1) is 0 Å². The molecule has 0 radical (unpaired) electrons. The predicted octanol–water partition coefficient (Wildman–Crippen LogP) is 2.12. The molecule has 0 heterocycles. The molecular formula is C10H17N. The Hall–Kier alpha value is -0.560. The smallest absolute Gasteiger partial charge is 0.0339 e. The Morgan fingerprint density at radius 2 is 2.09 bits per heavy atom. The first-order chi connectivity index (χ1) is 5.17. The lowest BCUT2D eigenvalue weighted by Crippen LogP contribution is -2.40. The van der Waals surface area contributed by atoms with Crippen molar-refractivity contribution in [1.29, 1.82) is 0 Å². The molecule has 0 aromatic carbocycles. The van der Waals surface area contributed by atoms with Crippen LogP contribution in [0.25, 0.3) is 0 Å². The van der Waals surface area contributed by atoms with E-state index in [1.54, 1.807) is 0 Å². The first-order valence-electron chi connectivity index (χ1n) is 4.26. The number of likely N-dealkylation sites (N-methyl/N-ethyl adjacent to an activating group) is 1. The fourth-order valence-electron chi connectivity index (χ4n) is 1.38. The summed E-state index contributed by atoms with van der Waals surface area (Å²) in [5.74, 6) is 0. The van der Waals surface area contributed by atoms with Gasteiger partial charge in [-0.25, -0.2) is 0 Å². The maximum Gasteiger partial charge on any atom is 0.0339 e. The van der Waals surface area contributed by atoms with Crippen LogP contribution in [0.15, 0.2) is 24.3 Å². The van der Waals surface area contributed by atoms with Crippen LogP contribution in [0.4, 0.5) is 0 Å². The minimum absolute atomic E-state index is 0.269. The molecule has 0 spiro atoms. The number of hydrogen-bond acceptors (Lipinski definition) is 1. The molecule has 1 atom stereocenters.